The highest BCUT2D eigenvalue weighted by molar-refractivity contribution is 5.85. The molecule has 1 atom stereocenters. The molecule has 1 aliphatic heterocycles. The van der Waals surface area contributed by atoms with Crippen LogP contribution in [0.4, 0.5) is 0 Å². The van der Waals surface area contributed by atoms with E-state index < -0.39 is 5.97 Å². The van der Waals surface area contributed by atoms with Crippen LogP contribution in [0.15, 0.2) is 0 Å². The normalized spacial score (nSPS) is 23.8. The average molecular weight is 152 g/mol. The van der Waals surface area contributed by atoms with Crippen molar-refractivity contribution in [3.05, 3.63) is 0 Å². The van der Waals surface area contributed by atoms with Crippen molar-refractivity contribution in [1.29, 1.82) is 0 Å². The lowest BCUT2D eigenvalue weighted by molar-refractivity contribution is -0.138. The molecule has 0 aromatic carbocycles. The third kappa shape index (κ3) is 2.67. The molecule has 0 spiro atoms. The lowest BCUT2D eigenvalue weighted by Crippen LogP contribution is -2.43. The fraction of sp³-hybridized carbons (Fsp3) is 0.800. The fourth-order valence-corrected chi connectivity index (χ4v) is 0.733. The molecule has 0 saturated carbocycles. The van der Waals surface area contributed by atoms with Gasteiger partial charge in [0.15, 0.2) is 0 Å². The summed E-state index contributed by atoms with van der Waals surface area (Å²) in [5.41, 5.74) is 0. The van der Waals surface area contributed by atoms with Gasteiger partial charge in [-0.2, -0.15) is 0 Å². The first-order valence-corrected chi connectivity index (χ1v) is 2.74. The van der Waals surface area contributed by atoms with Crippen LogP contribution in [0.25, 0.3) is 0 Å². The lowest BCUT2D eigenvalue weighted by Gasteiger charge is -2.25. The van der Waals surface area contributed by atoms with Crippen molar-refractivity contribution in [1.82, 2.24) is 5.32 Å². The van der Waals surface area contributed by atoms with E-state index in [0.29, 0.717) is 0 Å². The summed E-state index contributed by atoms with van der Waals surface area (Å²) in [6.45, 7) is 0.984. The molecule has 1 unspecified atom stereocenters. The first-order chi connectivity index (χ1) is 3.79. The fourth-order valence-electron chi connectivity index (χ4n) is 0.733. The third-order valence-electron chi connectivity index (χ3n) is 1.35. The maximum atomic E-state index is 9.96. The summed E-state index contributed by atoms with van der Waals surface area (Å²) in [5.74, 6) is -0.706. The topological polar surface area (TPSA) is 49.3 Å². The zero-order valence-corrected chi connectivity index (χ0v) is 5.78. The minimum Gasteiger partial charge on any atom is -0.481 e. The number of halogens is 1. The highest BCUT2D eigenvalue weighted by Crippen LogP contribution is 2.05. The van der Waals surface area contributed by atoms with Crippen molar-refractivity contribution in [2.24, 2.45) is 0 Å². The van der Waals surface area contributed by atoms with Crippen LogP contribution >= 0.6 is 12.4 Å². The number of rotatable bonds is 2. The Morgan fingerprint density at radius 2 is 2.33 bits per heavy atom. The standard InChI is InChI=1S/C5H9NO2.ClH/c7-5(8)3-4-1-2-6-4;/h4,6H,1-3H2,(H,7,8);1H. The van der Waals surface area contributed by atoms with Crippen molar-refractivity contribution in [3.8, 4) is 0 Å². The second-order valence-electron chi connectivity index (χ2n) is 2.04. The Morgan fingerprint density at radius 1 is 1.78 bits per heavy atom. The van der Waals surface area contributed by atoms with Crippen molar-refractivity contribution in [3.63, 3.8) is 0 Å². The molecule has 1 rings (SSSR count). The molecule has 0 aromatic heterocycles. The Labute approximate surface area is 59.9 Å². The van der Waals surface area contributed by atoms with Crippen LogP contribution in [-0.2, 0) is 4.79 Å². The molecular weight excluding hydrogens is 142 g/mol. The van der Waals surface area contributed by atoms with Gasteiger partial charge in [-0.1, -0.05) is 0 Å². The van der Waals surface area contributed by atoms with E-state index in [1.165, 1.54) is 0 Å². The predicted molar refractivity (Wildman–Crippen MR) is 35.9 cm³/mol. The number of hydrogen-bond acceptors (Lipinski definition) is 2. The van der Waals surface area contributed by atoms with Gasteiger partial charge in [0.05, 0.1) is 6.42 Å². The van der Waals surface area contributed by atoms with Crippen molar-refractivity contribution >= 4 is 18.4 Å². The van der Waals surface area contributed by atoms with Crippen molar-refractivity contribution in [2.75, 3.05) is 6.54 Å². The quantitative estimate of drug-likeness (QED) is 0.595. The summed E-state index contributed by atoms with van der Waals surface area (Å²) in [6, 6.07) is 0.257. The van der Waals surface area contributed by atoms with Gasteiger partial charge in [-0.15, -0.1) is 12.4 Å². The van der Waals surface area contributed by atoms with Crippen LogP contribution in [-0.4, -0.2) is 23.7 Å². The summed E-state index contributed by atoms with van der Waals surface area (Å²) < 4.78 is 0. The maximum absolute atomic E-state index is 9.96. The number of hydrogen-bond donors (Lipinski definition) is 2. The molecule has 1 heterocycles. The van der Waals surface area contributed by atoms with E-state index in [1.54, 1.807) is 0 Å². The molecule has 0 bridgehead atoms. The highest BCUT2D eigenvalue weighted by Gasteiger charge is 2.18. The Balaban J connectivity index is 0.000000640. The summed E-state index contributed by atoms with van der Waals surface area (Å²) in [7, 11) is 0. The SMILES string of the molecule is Cl.O=C(O)CC1CCN1. The molecule has 1 saturated heterocycles. The van der Waals surface area contributed by atoms with Crippen LogP contribution in [0.5, 0.6) is 0 Å². The van der Waals surface area contributed by atoms with Crippen molar-refractivity contribution in [2.45, 2.75) is 18.9 Å². The predicted octanol–water partition coefficient (Wildman–Crippen LogP) is 0.245. The second-order valence-corrected chi connectivity index (χ2v) is 2.04. The van der Waals surface area contributed by atoms with Crippen LogP contribution in [0.3, 0.4) is 0 Å². The molecule has 0 amide bonds. The third-order valence-corrected chi connectivity index (χ3v) is 1.35. The van der Waals surface area contributed by atoms with E-state index >= 15 is 0 Å². The molecule has 4 heteroatoms. The van der Waals surface area contributed by atoms with Gasteiger partial charge >= 0.3 is 5.97 Å². The van der Waals surface area contributed by atoms with E-state index in [0.717, 1.165) is 13.0 Å². The number of nitrogens with one attached hydrogen (secondary N) is 1. The molecule has 2 N–H and O–H groups in total. The zero-order chi connectivity index (χ0) is 5.98. The Kier molecular flexibility index (Phi) is 3.58. The van der Waals surface area contributed by atoms with Crippen LogP contribution in [0.2, 0.25) is 0 Å². The molecule has 0 radical (unpaired) electrons. The van der Waals surface area contributed by atoms with Gasteiger partial charge in [0.2, 0.25) is 0 Å². The Bertz CT molecular complexity index is 103. The van der Waals surface area contributed by atoms with E-state index in [1.807, 2.05) is 0 Å². The number of aliphatic carboxylic acids is 1. The summed E-state index contributed by atoms with van der Waals surface area (Å²) in [6.07, 6.45) is 1.30. The maximum Gasteiger partial charge on any atom is 0.304 e. The van der Waals surface area contributed by atoms with Gasteiger partial charge in [0.1, 0.15) is 0 Å². The van der Waals surface area contributed by atoms with Gasteiger partial charge in [-0.05, 0) is 13.0 Å². The monoisotopic (exact) mass is 151 g/mol. The summed E-state index contributed by atoms with van der Waals surface area (Å²) in [5, 5.41) is 11.2. The van der Waals surface area contributed by atoms with Gasteiger partial charge in [-0.25, -0.2) is 0 Å². The van der Waals surface area contributed by atoms with Gasteiger partial charge in [-0.3, -0.25) is 4.79 Å². The second kappa shape index (κ2) is 3.69. The molecule has 54 valence electrons. The smallest absolute Gasteiger partial charge is 0.304 e. The Hall–Kier alpha value is -0.280. The van der Waals surface area contributed by atoms with Crippen LogP contribution < -0.4 is 5.32 Å². The van der Waals surface area contributed by atoms with Gasteiger partial charge < -0.3 is 10.4 Å². The number of carboxylic acids is 1. The van der Waals surface area contributed by atoms with E-state index in [2.05, 4.69) is 5.32 Å². The van der Waals surface area contributed by atoms with E-state index in [9.17, 15) is 4.79 Å². The number of carbonyl (C=O) groups is 1. The summed E-state index contributed by atoms with van der Waals surface area (Å²) >= 11 is 0. The molecule has 0 aliphatic carbocycles. The molecular formula is C5H10ClNO2. The van der Waals surface area contributed by atoms with Crippen molar-refractivity contribution < 1.29 is 9.90 Å². The molecule has 1 aliphatic rings. The summed E-state index contributed by atoms with van der Waals surface area (Å²) in [4.78, 5) is 9.96. The first-order valence-electron chi connectivity index (χ1n) is 2.74. The van der Waals surface area contributed by atoms with Gasteiger partial charge in [0.25, 0.3) is 0 Å². The van der Waals surface area contributed by atoms with Crippen LogP contribution in [0.1, 0.15) is 12.8 Å². The van der Waals surface area contributed by atoms with E-state index in [4.69, 9.17) is 5.11 Å². The zero-order valence-electron chi connectivity index (χ0n) is 4.96. The minimum atomic E-state index is -0.706. The molecule has 0 aromatic rings. The Morgan fingerprint density at radius 3 is 2.44 bits per heavy atom. The average Bonchev–Trinajstić information content (AvgIpc) is 1.55. The number of carboxylic acid groups (broad SMARTS) is 1. The largest absolute Gasteiger partial charge is 0.481 e. The van der Waals surface area contributed by atoms with Crippen LogP contribution in [0, 0.1) is 0 Å². The van der Waals surface area contributed by atoms with Gasteiger partial charge in [0, 0.05) is 6.04 Å². The van der Waals surface area contributed by atoms with E-state index in [-0.39, 0.29) is 24.9 Å². The highest BCUT2D eigenvalue weighted by atomic mass is 35.5. The first kappa shape index (κ1) is 8.72. The lowest BCUT2D eigenvalue weighted by atomic mass is 10.0. The molecule has 9 heavy (non-hydrogen) atoms. The molecule has 1 fully saturated rings. The minimum absolute atomic E-state index is 0. The molecule has 3 nitrogen and oxygen atoms in total.